The van der Waals surface area contributed by atoms with Crippen LogP contribution in [0.5, 0.6) is 0 Å². The van der Waals surface area contributed by atoms with E-state index in [0.29, 0.717) is 0 Å². The first-order valence-electron chi connectivity index (χ1n) is 4.88. The highest BCUT2D eigenvalue weighted by Gasteiger charge is 2.37. The minimum Gasteiger partial charge on any atom is -0.397 e. The summed E-state index contributed by atoms with van der Waals surface area (Å²) < 4.78 is 60.6. The zero-order chi connectivity index (χ0) is 13.9. The average molecular weight is 270 g/mol. The van der Waals surface area contributed by atoms with Gasteiger partial charge in [-0.25, -0.2) is 8.78 Å². The molecule has 1 atom stereocenters. The predicted molar refractivity (Wildman–Crippen MR) is 56.4 cm³/mol. The van der Waals surface area contributed by atoms with Gasteiger partial charge in [0.2, 0.25) is 0 Å². The van der Waals surface area contributed by atoms with Gasteiger partial charge in [0.15, 0.2) is 6.10 Å². The molecule has 1 unspecified atom stereocenters. The number of benzene rings is 1. The van der Waals surface area contributed by atoms with Crippen LogP contribution in [0.15, 0.2) is 18.2 Å². The Morgan fingerprint density at radius 1 is 1.28 bits per heavy atom. The maximum Gasteiger partial charge on any atom is 0.416 e. The number of aliphatic hydroxyl groups excluding tert-OH is 1. The Hall–Kier alpha value is -1.57. The van der Waals surface area contributed by atoms with Crippen molar-refractivity contribution in [3.63, 3.8) is 0 Å². The van der Waals surface area contributed by atoms with Gasteiger partial charge in [0.1, 0.15) is 0 Å². The van der Waals surface area contributed by atoms with E-state index < -0.39 is 25.3 Å². The van der Waals surface area contributed by atoms with Gasteiger partial charge in [-0.15, -0.1) is 0 Å². The number of hydrogen-bond donors (Lipinski definition) is 3. The molecule has 0 radical (unpaired) electrons. The summed E-state index contributed by atoms with van der Waals surface area (Å²) in [6, 6.07) is 3.15. The van der Waals surface area contributed by atoms with Crippen LogP contribution in [-0.4, -0.2) is 23.9 Å². The lowest BCUT2D eigenvalue weighted by atomic mass is 10.1. The number of nitrogens with two attached hydrogens (primary N) is 1. The Morgan fingerprint density at radius 3 is 2.33 bits per heavy atom. The molecule has 8 heteroatoms. The van der Waals surface area contributed by atoms with E-state index in [4.69, 9.17) is 10.8 Å². The second-order valence-corrected chi connectivity index (χ2v) is 3.59. The minimum absolute atomic E-state index is 0.0581. The topological polar surface area (TPSA) is 58.3 Å². The van der Waals surface area contributed by atoms with Crippen molar-refractivity contribution in [2.75, 3.05) is 17.6 Å². The highest BCUT2D eigenvalue weighted by molar-refractivity contribution is 5.67. The standard InChI is InChI=1S/C10H11F5N2O/c11-9(12)5-1-2-7(6(16)3-5)17-4-8(18)10(13,14)15/h1-3,8-9,17-18H,4,16H2. The van der Waals surface area contributed by atoms with E-state index >= 15 is 0 Å². The fourth-order valence-corrected chi connectivity index (χ4v) is 1.20. The first kappa shape index (κ1) is 14.5. The molecule has 0 aliphatic heterocycles. The second-order valence-electron chi connectivity index (χ2n) is 3.59. The molecular weight excluding hydrogens is 259 g/mol. The average Bonchev–Trinajstić information content (AvgIpc) is 2.25. The Balaban J connectivity index is 2.69. The Bertz CT molecular complexity index is 408. The van der Waals surface area contributed by atoms with Gasteiger partial charge in [-0.1, -0.05) is 6.07 Å². The van der Waals surface area contributed by atoms with Gasteiger partial charge in [0, 0.05) is 12.1 Å². The third kappa shape index (κ3) is 3.73. The Labute approximate surface area is 99.4 Å². The zero-order valence-corrected chi connectivity index (χ0v) is 9.01. The second kappa shape index (κ2) is 5.38. The summed E-state index contributed by atoms with van der Waals surface area (Å²) in [7, 11) is 0. The molecule has 0 fully saturated rings. The lowest BCUT2D eigenvalue weighted by molar-refractivity contribution is -0.198. The summed E-state index contributed by atoms with van der Waals surface area (Å²) in [5.41, 5.74) is 5.02. The molecule has 0 amide bonds. The number of alkyl halides is 5. The summed E-state index contributed by atoms with van der Waals surface area (Å²) in [6.07, 6.45) is -10.0. The molecule has 18 heavy (non-hydrogen) atoms. The molecule has 4 N–H and O–H groups in total. The summed E-state index contributed by atoms with van der Waals surface area (Å²) >= 11 is 0. The highest BCUT2D eigenvalue weighted by atomic mass is 19.4. The van der Waals surface area contributed by atoms with E-state index in [2.05, 4.69) is 5.32 Å². The van der Waals surface area contributed by atoms with Crippen LogP contribution >= 0.6 is 0 Å². The Kier molecular flexibility index (Phi) is 4.33. The number of nitrogen functional groups attached to an aromatic ring is 1. The SMILES string of the molecule is Nc1cc(C(F)F)ccc1NCC(O)C(F)(F)F. The number of aliphatic hydroxyl groups is 1. The third-order valence-electron chi connectivity index (χ3n) is 2.19. The smallest absolute Gasteiger partial charge is 0.397 e. The van der Waals surface area contributed by atoms with Crippen molar-refractivity contribution in [2.45, 2.75) is 18.7 Å². The molecule has 0 aliphatic rings. The largest absolute Gasteiger partial charge is 0.416 e. The quantitative estimate of drug-likeness (QED) is 0.582. The number of rotatable bonds is 4. The fourth-order valence-electron chi connectivity index (χ4n) is 1.20. The molecule has 1 aromatic rings. The van der Waals surface area contributed by atoms with E-state index in [0.717, 1.165) is 18.2 Å². The molecule has 1 rings (SSSR count). The zero-order valence-electron chi connectivity index (χ0n) is 9.01. The third-order valence-corrected chi connectivity index (χ3v) is 2.19. The molecule has 0 aliphatic carbocycles. The van der Waals surface area contributed by atoms with E-state index in [1.165, 1.54) is 0 Å². The first-order valence-corrected chi connectivity index (χ1v) is 4.88. The number of hydrogen-bond acceptors (Lipinski definition) is 3. The van der Waals surface area contributed by atoms with Crippen LogP contribution in [0.2, 0.25) is 0 Å². The molecule has 0 saturated heterocycles. The van der Waals surface area contributed by atoms with Crippen molar-refractivity contribution >= 4 is 11.4 Å². The molecular formula is C10H11F5N2O. The van der Waals surface area contributed by atoms with E-state index in [1.807, 2.05) is 0 Å². The van der Waals surface area contributed by atoms with Gasteiger partial charge >= 0.3 is 6.18 Å². The fraction of sp³-hybridized carbons (Fsp3) is 0.400. The normalized spacial score (nSPS) is 13.7. The molecule has 1 aromatic carbocycles. The first-order chi connectivity index (χ1) is 8.21. The van der Waals surface area contributed by atoms with Gasteiger partial charge in [0.25, 0.3) is 6.43 Å². The molecule has 102 valence electrons. The monoisotopic (exact) mass is 270 g/mol. The van der Waals surface area contributed by atoms with Gasteiger partial charge in [-0.2, -0.15) is 13.2 Å². The van der Waals surface area contributed by atoms with Crippen LogP contribution in [0.25, 0.3) is 0 Å². The van der Waals surface area contributed by atoms with Gasteiger partial charge in [0.05, 0.1) is 11.4 Å². The Morgan fingerprint density at radius 2 is 1.89 bits per heavy atom. The summed E-state index contributed by atoms with van der Waals surface area (Å²) in [5.74, 6) is 0. The number of halogens is 5. The summed E-state index contributed by atoms with van der Waals surface area (Å²) in [5, 5.41) is 11.0. The van der Waals surface area contributed by atoms with Gasteiger partial charge in [-0.05, 0) is 12.1 Å². The molecule has 0 aromatic heterocycles. The van der Waals surface area contributed by atoms with Crippen molar-refractivity contribution < 1.29 is 27.1 Å². The molecule has 0 spiro atoms. The van der Waals surface area contributed by atoms with E-state index in [9.17, 15) is 22.0 Å². The minimum atomic E-state index is -4.75. The summed E-state index contributed by atoms with van der Waals surface area (Å²) in [6.45, 7) is -0.804. The predicted octanol–water partition coefficient (Wildman–Crippen LogP) is 2.54. The lowest BCUT2D eigenvalue weighted by Crippen LogP contribution is -2.35. The van der Waals surface area contributed by atoms with Crippen LogP contribution in [0.4, 0.5) is 33.3 Å². The molecule has 0 saturated carbocycles. The maximum atomic E-state index is 12.3. The molecule has 0 heterocycles. The highest BCUT2D eigenvalue weighted by Crippen LogP contribution is 2.27. The van der Waals surface area contributed by atoms with Crippen molar-refractivity contribution in [1.82, 2.24) is 0 Å². The van der Waals surface area contributed by atoms with Crippen molar-refractivity contribution in [3.05, 3.63) is 23.8 Å². The van der Waals surface area contributed by atoms with E-state index in [1.54, 1.807) is 0 Å². The van der Waals surface area contributed by atoms with Crippen LogP contribution in [-0.2, 0) is 0 Å². The lowest BCUT2D eigenvalue weighted by Gasteiger charge is -2.17. The van der Waals surface area contributed by atoms with Crippen LogP contribution < -0.4 is 11.1 Å². The number of nitrogens with one attached hydrogen (secondary N) is 1. The van der Waals surface area contributed by atoms with E-state index in [-0.39, 0.29) is 16.9 Å². The summed E-state index contributed by atoms with van der Waals surface area (Å²) in [4.78, 5) is 0. The molecule has 3 nitrogen and oxygen atoms in total. The molecule has 0 bridgehead atoms. The van der Waals surface area contributed by atoms with Gasteiger partial charge in [-0.3, -0.25) is 0 Å². The van der Waals surface area contributed by atoms with Crippen molar-refractivity contribution in [3.8, 4) is 0 Å². The van der Waals surface area contributed by atoms with Crippen LogP contribution in [0, 0.1) is 0 Å². The number of anilines is 2. The van der Waals surface area contributed by atoms with Crippen LogP contribution in [0.3, 0.4) is 0 Å². The van der Waals surface area contributed by atoms with Crippen LogP contribution in [0.1, 0.15) is 12.0 Å². The van der Waals surface area contributed by atoms with Crippen molar-refractivity contribution in [1.29, 1.82) is 0 Å². The van der Waals surface area contributed by atoms with Crippen molar-refractivity contribution in [2.24, 2.45) is 0 Å². The maximum absolute atomic E-state index is 12.3. The van der Waals surface area contributed by atoms with Gasteiger partial charge < -0.3 is 16.2 Å².